The summed E-state index contributed by atoms with van der Waals surface area (Å²) in [5.41, 5.74) is 4.04. The average molecular weight is 298 g/mol. The normalized spacial score (nSPS) is 27.6. The minimum atomic E-state index is -0.0658. The van der Waals surface area contributed by atoms with Crippen molar-refractivity contribution >= 4 is 16.9 Å². The smallest absolute Gasteiger partial charge is 0.309 e. The molecule has 0 bridgehead atoms. The molecule has 1 aliphatic carbocycles. The molecule has 4 rings (SSSR count). The third-order valence-electron chi connectivity index (χ3n) is 5.52. The molecule has 0 saturated carbocycles. The molecule has 0 spiro atoms. The van der Waals surface area contributed by atoms with Crippen molar-refractivity contribution in [3.05, 3.63) is 35.5 Å². The zero-order valence-corrected chi connectivity index (χ0v) is 13.1. The van der Waals surface area contributed by atoms with Crippen molar-refractivity contribution in [1.82, 2.24) is 9.88 Å². The van der Waals surface area contributed by atoms with E-state index in [1.165, 1.54) is 29.1 Å². The van der Waals surface area contributed by atoms with E-state index in [1.54, 1.807) is 0 Å². The Balaban J connectivity index is 1.79. The van der Waals surface area contributed by atoms with Gasteiger partial charge in [0.25, 0.3) is 0 Å². The second-order valence-electron chi connectivity index (χ2n) is 6.51. The number of esters is 1. The summed E-state index contributed by atoms with van der Waals surface area (Å²) in [7, 11) is 1.50. The molecule has 0 amide bonds. The topological polar surface area (TPSA) is 45.3 Å². The van der Waals surface area contributed by atoms with Gasteiger partial charge in [-0.1, -0.05) is 19.1 Å². The number of likely N-dealkylation sites (tertiary alicyclic amines) is 1. The lowest BCUT2D eigenvalue weighted by Crippen LogP contribution is -2.51. The Hall–Kier alpha value is -1.81. The van der Waals surface area contributed by atoms with E-state index in [2.05, 4.69) is 41.2 Å². The van der Waals surface area contributed by atoms with Crippen molar-refractivity contribution < 1.29 is 9.53 Å². The molecule has 1 aliphatic heterocycles. The minimum Gasteiger partial charge on any atom is -0.469 e. The Bertz CT molecular complexity index is 721. The van der Waals surface area contributed by atoms with Gasteiger partial charge in [-0.15, -0.1) is 0 Å². The third-order valence-corrected chi connectivity index (χ3v) is 5.52. The summed E-state index contributed by atoms with van der Waals surface area (Å²) < 4.78 is 5.02. The highest BCUT2D eigenvalue weighted by Gasteiger charge is 2.42. The summed E-state index contributed by atoms with van der Waals surface area (Å²) in [6, 6.07) is 7.00. The quantitative estimate of drug-likeness (QED) is 0.867. The van der Waals surface area contributed by atoms with Crippen LogP contribution in [0.25, 0.3) is 10.9 Å². The van der Waals surface area contributed by atoms with Crippen LogP contribution in [0.2, 0.25) is 0 Å². The largest absolute Gasteiger partial charge is 0.469 e. The van der Waals surface area contributed by atoms with Crippen LogP contribution >= 0.6 is 0 Å². The molecule has 2 aromatic rings. The number of nitrogens with zero attached hydrogens (tertiary/aromatic N) is 1. The van der Waals surface area contributed by atoms with E-state index in [-0.39, 0.29) is 11.9 Å². The van der Waals surface area contributed by atoms with E-state index in [1.807, 2.05) is 0 Å². The molecule has 2 aliphatic rings. The highest BCUT2D eigenvalue weighted by molar-refractivity contribution is 5.88. The lowest BCUT2D eigenvalue weighted by molar-refractivity contribution is -0.148. The number of carbonyl (C=O) groups is 1. The van der Waals surface area contributed by atoms with Gasteiger partial charge in [0.05, 0.1) is 13.0 Å². The van der Waals surface area contributed by atoms with Crippen LogP contribution in [-0.2, 0) is 16.0 Å². The van der Waals surface area contributed by atoms with Crippen LogP contribution in [0.4, 0.5) is 0 Å². The Labute approximate surface area is 130 Å². The maximum atomic E-state index is 12.1. The summed E-state index contributed by atoms with van der Waals surface area (Å²) in [5.74, 6) is 0.343. The fourth-order valence-electron chi connectivity index (χ4n) is 4.50. The Kier molecular flexibility index (Phi) is 3.22. The number of piperidine rings is 1. The van der Waals surface area contributed by atoms with E-state index >= 15 is 0 Å². The molecule has 116 valence electrons. The van der Waals surface area contributed by atoms with E-state index in [9.17, 15) is 4.79 Å². The standard InChI is InChI=1S/C18H22N2O2/c1-3-20-10-12(18(21)22-2)7-14-13-5-4-6-15-17(13)11(9-19-15)8-16(14)20/h4-6,9,12,14,16,19H,3,7-8,10H2,1-2H3. The van der Waals surface area contributed by atoms with E-state index < -0.39 is 0 Å². The number of methoxy groups -OCH3 is 1. The second kappa shape index (κ2) is 5.13. The van der Waals surface area contributed by atoms with Crippen molar-refractivity contribution in [3.8, 4) is 0 Å². The molecule has 1 aromatic heterocycles. The average Bonchev–Trinajstić information content (AvgIpc) is 2.98. The van der Waals surface area contributed by atoms with Crippen LogP contribution in [-0.4, -0.2) is 42.1 Å². The van der Waals surface area contributed by atoms with Crippen molar-refractivity contribution in [1.29, 1.82) is 0 Å². The van der Waals surface area contributed by atoms with Gasteiger partial charge in [0.15, 0.2) is 0 Å². The number of carbonyl (C=O) groups excluding carboxylic acids is 1. The molecule has 0 radical (unpaired) electrons. The summed E-state index contributed by atoms with van der Waals surface area (Å²) in [4.78, 5) is 17.9. The molecule has 4 nitrogen and oxygen atoms in total. The molecule has 4 heteroatoms. The molecule has 2 heterocycles. The maximum Gasteiger partial charge on any atom is 0.309 e. The van der Waals surface area contributed by atoms with Crippen LogP contribution in [0.1, 0.15) is 30.4 Å². The number of fused-ring (bicyclic) bond motifs is 2. The van der Waals surface area contributed by atoms with Gasteiger partial charge in [-0.2, -0.15) is 0 Å². The summed E-state index contributed by atoms with van der Waals surface area (Å²) >= 11 is 0. The Morgan fingerprint density at radius 1 is 1.45 bits per heavy atom. The monoisotopic (exact) mass is 298 g/mol. The van der Waals surface area contributed by atoms with Gasteiger partial charge in [-0.05, 0) is 36.6 Å². The number of aromatic nitrogens is 1. The highest BCUT2D eigenvalue weighted by Crippen LogP contribution is 2.44. The molecule has 22 heavy (non-hydrogen) atoms. The number of hydrogen-bond acceptors (Lipinski definition) is 3. The van der Waals surface area contributed by atoms with Crippen molar-refractivity contribution in [2.24, 2.45) is 5.92 Å². The lowest BCUT2D eigenvalue weighted by atomic mass is 9.72. The van der Waals surface area contributed by atoms with Crippen LogP contribution < -0.4 is 0 Å². The SMILES string of the molecule is CCN1CC(C(=O)OC)CC2c3cccc4[nH]cc(c34)CC21. The fraction of sp³-hybridized carbons (Fsp3) is 0.500. The van der Waals surface area contributed by atoms with Crippen molar-refractivity contribution in [3.63, 3.8) is 0 Å². The molecule has 1 fully saturated rings. The first-order valence-electron chi connectivity index (χ1n) is 8.13. The predicted octanol–water partition coefficient (Wildman–Crippen LogP) is 2.69. The second-order valence-corrected chi connectivity index (χ2v) is 6.51. The van der Waals surface area contributed by atoms with Gasteiger partial charge < -0.3 is 9.72 Å². The first-order valence-corrected chi connectivity index (χ1v) is 8.13. The third kappa shape index (κ3) is 1.90. The number of H-pyrrole nitrogens is 1. The first kappa shape index (κ1) is 13.8. The predicted molar refractivity (Wildman–Crippen MR) is 85.9 cm³/mol. The van der Waals surface area contributed by atoms with E-state index in [0.29, 0.717) is 12.0 Å². The van der Waals surface area contributed by atoms with Gasteiger partial charge in [0.2, 0.25) is 0 Å². The summed E-state index contributed by atoms with van der Waals surface area (Å²) in [6.07, 6.45) is 4.13. The number of rotatable bonds is 2. The number of hydrogen-bond donors (Lipinski definition) is 1. The first-order chi connectivity index (χ1) is 10.7. The maximum absolute atomic E-state index is 12.1. The number of benzene rings is 1. The molecule has 1 aromatic carbocycles. The molecular formula is C18H22N2O2. The van der Waals surface area contributed by atoms with Crippen molar-refractivity contribution in [2.45, 2.75) is 31.7 Å². The van der Waals surface area contributed by atoms with Gasteiger partial charge in [0.1, 0.15) is 0 Å². The van der Waals surface area contributed by atoms with Crippen molar-refractivity contribution in [2.75, 3.05) is 20.2 Å². The fourth-order valence-corrected chi connectivity index (χ4v) is 4.50. The number of aromatic amines is 1. The lowest BCUT2D eigenvalue weighted by Gasteiger charge is -2.46. The van der Waals surface area contributed by atoms with E-state index in [4.69, 9.17) is 4.74 Å². The number of nitrogens with one attached hydrogen (secondary N) is 1. The van der Waals surface area contributed by atoms with Gasteiger partial charge in [-0.25, -0.2) is 0 Å². The van der Waals surface area contributed by atoms with Crippen LogP contribution in [0.3, 0.4) is 0 Å². The summed E-state index contributed by atoms with van der Waals surface area (Å²) in [5, 5.41) is 1.38. The zero-order chi connectivity index (χ0) is 15.3. The minimum absolute atomic E-state index is 0.0121. The van der Waals surface area contributed by atoms with Crippen LogP contribution in [0.5, 0.6) is 0 Å². The van der Waals surface area contributed by atoms with Gasteiger partial charge in [-0.3, -0.25) is 9.69 Å². The van der Waals surface area contributed by atoms with Crippen LogP contribution in [0, 0.1) is 5.92 Å². The molecule has 3 unspecified atom stereocenters. The molecule has 3 atom stereocenters. The van der Waals surface area contributed by atoms with Crippen LogP contribution in [0.15, 0.2) is 24.4 Å². The Morgan fingerprint density at radius 2 is 2.32 bits per heavy atom. The zero-order valence-electron chi connectivity index (χ0n) is 13.1. The molecule has 1 N–H and O–H groups in total. The summed E-state index contributed by atoms with van der Waals surface area (Å²) in [6.45, 7) is 3.98. The number of ether oxygens (including phenoxy) is 1. The molecule has 1 saturated heterocycles. The highest BCUT2D eigenvalue weighted by atomic mass is 16.5. The Morgan fingerprint density at radius 3 is 3.09 bits per heavy atom. The van der Waals surface area contributed by atoms with E-state index in [0.717, 1.165) is 25.9 Å². The number of likely N-dealkylation sites (N-methyl/N-ethyl adjacent to an activating group) is 1. The van der Waals surface area contributed by atoms with Gasteiger partial charge in [0, 0.05) is 35.6 Å². The molecular weight excluding hydrogens is 276 g/mol. The van der Waals surface area contributed by atoms with Gasteiger partial charge >= 0.3 is 5.97 Å².